The number of thiophene rings is 1. The number of benzene rings is 1. The first-order chi connectivity index (χ1) is 14.2. The fourth-order valence-corrected chi connectivity index (χ4v) is 6.47. The van der Waals surface area contributed by atoms with Gasteiger partial charge in [-0.1, -0.05) is 6.92 Å². The molecule has 7 nitrogen and oxygen atoms in total. The number of carbonyl (C=O) groups excluding carboxylic acids is 2. The average Bonchev–Trinajstić information content (AvgIpc) is 3.12. The van der Waals surface area contributed by atoms with Crippen molar-refractivity contribution in [3.05, 3.63) is 51.7 Å². The van der Waals surface area contributed by atoms with Gasteiger partial charge in [0.05, 0.1) is 19.2 Å². The van der Waals surface area contributed by atoms with Gasteiger partial charge < -0.3 is 9.64 Å². The minimum absolute atomic E-state index is 0.0437. The van der Waals surface area contributed by atoms with Crippen LogP contribution in [0.1, 0.15) is 51.4 Å². The fraction of sp³-hybridized carbons (Fsp3) is 0.400. The Morgan fingerprint density at radius 1 is 1.30 bits per heavy atom. The summed E-state index contributed by atoms with van der Waals surface area (Å²) in [5.74, 6) is -1.43. The van der Waals surface area contributed by atoms with Crippen LogP contribution in [0.3, 0.4) is 0 Å². The second-order valence-electron chi connectivity index (χ2n) is 7.07. The summed E-state index contributed by atoms with van der Waals surface area (Å²) < 4.78 is 46.3. The Morgan fingerprint density at radius 3 is 2.57 bits per heavy atom. The molecule has 0 aliphatic carbocycles. The lowest BCUT2D eigenvalue weighted by Crippen LogP contribution is -2.35. The summed E-state index contributed by atoms with van der Waals surface area (Å²) in [5, 5.41) is 0. The first-order valence-corrected chi connectivity index (χ1v) is 11.8. The standard InChI is InChI=1S/C20H23FN2O5S2/c1-4-12(2)22-30(26,27)20-17(19(25)28-3)15-9-10-23(11-16(15)29-20)18(24)13-5-7-14(21)8-6-13/h5-8,12,22H,4,9-11H2,1-3H3/t12-/m1/s1. The zero-order valence-electron chi connectivity index (χ0n) is 16.9. The van der Waals surface area contributed by atoms with Gasteiger partial charge in [0.2, 0.25) is 0 Å². The number of carbonyl (C=O) groups is 2. The Labute approximate surface area is 178 Å². The van der Waals surface area contributed by atoms with E-state index in [1.165, 1.54) is 31.4 Å². The van der Waals surface area contributed by atoms with Gasteiger partial charge in [-0.05, 0) is 49.6 Å². The molecule has 0 spiro atoms. The summed E-state index contributed by atoms with van der Waals surface area (Å²) in [5.41, 5.74) is 0.984. The topological polar surface area (TPSA) is 92.8 Å². The minimum atomic E-state index is -3.92. The van der Waals surface area contributed by atoms with Gasteiger partial charge in [-0.15, -0.1) is 11.3 Å². The van der Waals surface area contributed by atoms with Crippen LogP contribution in [0, 0.1) is 5.82 Å². The average molecular weight is 455 g/mol. The van der Waals surface area contributed by atoms with Crippen LogP contribution in [-0.2, 0) is 27.7 Å². The van der Waals surface area contributed by atoms with Crippen LogP contribution in [0.2, 0.25) is 0 Å². The maximum absolute atomic E-state index is 13.1. The van der Waals surface area contributed by atoms with E-state index >= 15 is 0 Å². The highest BCUT2D eigenvalue weighted by molar-refractivity contribution is 7.91. The van der Waals surface area contributed by atoms with Crippen molar-refractivity contribution in [2.24, 2.45) is 0 Å². The lowest BCUT2D eigenvalue weighted by Gasteiger charge is -2.27. The molecule has 1 N–H and O–H groups in total. The van der Waals surface area contributed by atoms with Gasteiger partial charge in [-0.2, -0.15) is 0 Å². The summed E-state index contributed by atoms with van der Waals surface area (Å²) in [6.45, 7) is 4.07. The van der Waals surface area contributed by atoms with Crippen molar-refractivity contribution >= 4 is 33.2 Å². The molecule has 0 saturated heterocycles. The van der Waals surface area contributed by atoms with Crippen LogP contribution in [0.4, 0.5) is 4.39 Å². The summed E-state index contributed by atoms with van der Waals surface area (Å²) in [6, 6.07) is 4.96. The molecule has 2 heterocycles. The Hall–Kier alpha value is -2.30. The van der Waals surface area contributed by atoms with Crippen LogP contribution < -0.4 is 4.72 Å². The molecule has 1 aromatic heterocycles. The largest absolute Gasteiger partial charge is 0.465 e. The van der Waals surface area contributed by atoms with Crippen molar-refractivity contribution in [1.29, 1.82) is 0 Å². The van der Waals surface area contributed by atoms with Crippen LogP contribution in [0.5, 0.6) is 0 Å². The molecule has 0 bridgehead atoms. The predicted molar refractivity (Wildman–Crippen MR) is 111 cm³/mol. The van der Waals surface area contributed by atoms with Crippen LogP contribution in [0.25, 0.3) is 0 Å². The van der Waals surface area contributed by atoms with E-state index in [1.807, 2.05) is 6.92 Å². The third-order valence-corrected chi connectivity index (χ3v) is 8.33. The van der Waals surface area contributed by atoms with Crippen molar-refractivity contribution in [2.45, 2.75) is 43.5 Å². The summed E-state index contributed by atoms with van der Waals surface area (Å²) in [7, 11) is -2.72. The van der Waals surface area contributed by atoms with E-state index in [2.05, 4.69) is 4.72 Å². The van der Waals surface area contributed by atoms with Crippen LogP contribution >= 0.6 is 11.3 Å². The van der Waals surface area contributed by atoms with Gasteiger partial charge in [0, 0.05) is 23.0 Å². The van der Waals surface area contributed by atoms with Crippen LogP contribution in [0.15, 0.2) is 28.5 Å². The molecular weight excluding hydrogens is 431 g/mol. The number of methoxy groups -OCH3 is 1. The van der Waals surface area contributed by atoms with Crippen molar-refractivity contribution < 1.29 is 27.1 Å². The molecule has 0 fully saturated rings. The lowest BCUT2D eigenvalue weighted by molar-refractivity contribution is 0.0595. The Balaban J connectivity index is 1.96. The summed E-state index contributed by atoms with van der Waals surface area (Å²) >= 11 is 0.979. The zero-order chi connectivity index (χ0) is 22.1. The van der Waals surface area contributed by atoms with Gasteiger partial charge >= 0.3 is 5.97 Å². The molecule has 1 atom stereocenters. The molecular formula is C20H23FN2O5S2. The van der Waals surface area contributed by atoms with E-state index in [-0.39, 0.29) is 28.3 Å². The van der Waals surface area contributed by atoms with E-state index in [9.17, 15) is 22.4 Å². The number of rotatable bonds is 6. The second-order valence-corrected chi connectivity index (χ2v) is 10.1. The number of hydrogen-bond donors (Lipinski definition) is 1. The van der Waals surface area contributed by atoms with E-state index in [0.717, 1.165) is 11.3 Å². The molecule has 162 valence electrons. The maximum Gasteiger partial charge on any atom is 0.340 e. The quantitative estimate of drug-likeness (QED) is 0.678. The van der Waals surface area contributed by atoms with Crippen molar-refractivity contribution in [3.8, 4) is 0 Å². The highest BCUT2D eigenvalue weighted by Gasteiger charge is 2.35. The lowest BCUT2D eigenvalue weighted by atomic mass is 10.0. The summed E-state index contributed by atoms with van der Waals surface area (Å²) in [6.07, 6.45) is 0.917. The molecule has 1 aliphatic heterocycles. The van der Waals surface area contributed by atoms with Crippen molar-refractivity contribution in [3.63, 3.8) is 0 Å². The molecule has 0 unspecified atom stereocenters. The third-order valence-electron chi connectivity index (χ3n) is 5.01. The zero-order valence-corrected chi connectivity index (χ0v) is 18.5. The van der Waals surface area contributed by atoms with Gasteiger partial charge in [-0.25, -0.2) is 22.3 Å². The Morgan fingerprint density at radius 2 is 1.97 bits per heavy atom. The number of hydrogen-bond acceptors (Lipinski definition) is 6. The molecule has 3 rings (SSSR count). The normalized spacial score (nSPS) is 14.9. The van der Waals surface area contributed by atoms with E-state index in [0.29, 0.717) is 35.4 Å². The molecule has 30 heavy (non-hydrogen) atoms. The number of esters is 1. The number of ether oxygens (including phenoxy) is 1. The molecule has 2 aromatic rings. The second kappa shape index (κ2) is 8.83. The number of nitrogens with one attached hydrogen (secondary N) is 1. The number of sulfonamides is 1. The van der Waals surface area contributed by atoms with Crippen molar-refractivity contribution in [2.75, 3.05) is 13.7 Å². The monoisotopic (exact) mass is 454 g/mol. The fourth-order valence-electron chi connectivity index (χ4n) is 3.23. The first kappa shape index (κ1) is 22.4. The number of nitrogens with zero attached hydrogens (tertiary/aromatic N) is 1. The summed E-state index contributed by atoms with van der Waals surface area (Å²) in [4.78, 5) is 27.4. The van der Waals surface area contributed by atoms with Gasteiger partial charge in [-0.3, -0.25) is 4.79 Å². The number of fused-ring (bicyclic) bond motifs is 1. The molecule has 0 saturated carbocycles. The number of halogens is 1. The smallest absolute Gasteiger partial charge is 0.340 e. The highest BCUT2D eigenvalue weighted by atomic mass is 32.2. The number of amides is 1. The van der Waals surface area contributed by atoms with Gasteiger partial charge in [0.25, 0.3) is 15.9 Å². The van der Waals surface area contributed by atoms with E-state index in [4.69, 9.17) is 4.74 Å². The molecule has 1 amide bonds. The molecule has 0 radical (unpaired) electrons. The van der Waals surface area contributed by atoms with Gasteiger partial charge in [0.15, 0.2) is 0 Å². The van der Waals surface area contributed by atoms with E-state index < -0.39 is 21.8 Å². The van der Waals surface area contributed by atoms with Crippen LogP contribution in [-0.4, -0.2) is 44.9 Å². The van der Waals surface area contributed by atoms with E-state index in [1.54, 1.807) is 11.8 Å². The first-order valence-electron chi connectivity index (χ1n) is 9.48. The van der Waals surface area contributed by atoms with Crippen molar-refractivity contribution in [1.82, 2.24) is 9.62 Å². The highest BCUT2D eigenvalue weighted by Crippen LogP contribution is 2.37. The predicted octanol–water partition coefficient (Wildman–Crippen LogP) is 2.95. The SMILES string of the molecule is CC[C@@H](C)NS(=O)(=O)c1sc2c(c1C(=O)OC)CCN(C(=O)c1ccc(F)cc1)C2. The molecule has 10 heteroatoms. The van der Waals surface area contributed by atoms with Gasteiger partial charge in [0.1, 0.15) is 10.0 Å². The maximum atomic E-state index is 13.1. The molecule has 1 aliphatic rings. The third kappa shape index (κ3) is 4.40. The Bertz CT molecular complexity index is 1060. The molecule has 1 aromatic carbocycles. The Kier molecular flexibility index (Phi) is 6.59. The minimum Gasteiger partial charge on any atom is -0.465 e.